The molecule has 0 aliphatic carbocycles. The van der Waals surface area contributed by atoms with Crippen LogP contribution >= 0.6 is 11.3 Å². The van der Waals surface area contributed by atoms with Crippen LogP contribution in [0.5, 0.6) is 0 Å². The first-order valence-corrected chi connectivity index (χ1v) is 10.5. The zero-order valence-electron chi connectivity index (χ0n) is 13.9. The van der Waals surface area contributed by atoms with E-state index in [-0.39, 0.29) is 16.2 Å². The molecule has 0 spiro atoms. The lowest BCUT2D eigenvalue weighted by atomic mass is 10.0. The van der Waals surface area contributed by atoms with Crippen molar-refractivity contribution in [2.24, 2.45) is 5.14 Å². The van der Waals surface area contributed by atoms with Crippen molar-refractivity contribution in [3.63, 3.8) is 0 Å². The van der Waals surface area contributed by atoms with Crippen molar-refractivity contribution in [2.45, 2.75) is 23.6 Å². The van der Waals surface area contributed by atoms with Crippen LogP contribution in [-0.2, 0) is 16.4 Å². The summed E-state index contributed by atoms with van der Waals surface area (Å²) in [5, 5.41) is 10.0. The van der Waals surface area contributed by atoms with Crippen LogP contribution in [0.3, 0.4) is 0 Å². The summed E-state index contributed by atoms with van der Waals surface area (Å²) in [6.45, 7) is 4.05. The number of hydrogen-bond acceptors (Lipinski definition) is 5. The van der Waals surface area contributed by atoms with Gasteiger partial charge in [0.25, 0.3) is 5.91 Å². The summed E-state index contributed by atoms with van der Waals surface area (Å²) in [5.41, 5.74) is 2.69. The smallest absolute Gasteiger partial charge is 0.255 e. The molecule has 2 aromatic rings. The Hall–Kier alpha value is -1.74. The van der Waals surface area contributed by atoms with Crippen molar-refractivity contribution in [2.75, 3.05) is 19.6 Å². The number of carbonyl (C=O) groups is 1. The van der Waals surface area contributed by atoms with Gasteiger partial charge in [-0.2, -0.15) is 0 Å². The molecule has 0 bridgehead atoms. The van der Waals surface area contributed by atoms with Gasteiger partial charge < -0.3 is 10.2 Å². The number of rotatable bonds is 4. The van der Waals surface area contributed by atoms with Gasteiger partial charge in [-0.05, 0) is 23.6 Å². The molecular formula is C17H21N3O3S2. The number of primary sulfonamides is 1. The number of carbonyl (C=O) groups excluding carboxylic acids is 1. The van der Waals surface area contributed by atoms with Gasteiger partial charge in [-0.25, -0.2) is 13.6 Å². The maximum Gasteiger partial charge on any atom is 0.255 e. The van der Waals surface area contributed by atoms with Crippen LogP contribution in [0.1, 0.15) is 34.5 Å². The van der Waals surface area contributed by atoms with Gasteiger partial charge in [0.1, 0.15) is 4.21 Å². The predicted octanol–water partition coefficient (Wildman–Crippen LogP) is 1.74. The number of aryl methyl sites for hydroxylation is 1. The van der Waals surface area contributed by atoms with Gasteiger partial charge in [0.15, 0.2) is 0 Å². The summed E-state index contributed by atoms with van der Waals surface area (Å²) in [6, 6.07) is 9.55. The van der Waals surface area contributed by atoms with Crippen LogP contribution in [0.4, 0.5) is 0 Å². The highest BCUT2D eigenvalue weighted by molar-refractivity contribution is 7.91. The highest BCUT2D eigenvalue weighted by Crippen LogP contribution is 2.27. The molecule has 8 heteroatoms. The molecule has 3 N–H and O–H groups in total. The van der Waals surface area contributed by atoms with E-state index in [9.17, 15) is 13.2 Å². The summed E-state index contributed by atoms with van der Waals surface area (Å²) in [5.74, 6) is -0.169. The van der Waals surface area contributed by atoms with Crippen molar-refractivity contribution >= 4 is 27.3 Å². The van der Waals surface area contributed by atoms with Crippen molar-refractivity contribution in [3.8, 4) is 0 Å². The van der Waals surface area contributed by atoms with Crippen LogP contribution in [0.2, 0.25) is 0 Å². The first-order chi connectivity index (χ1) is 11.9. The molecule has 6 nitrogen and oxygen atoms in total. The highest BCUT2D eigenvalue weighted by Gasteiger charge is 2.29. The molecule has 1 saturated heterocycles. The fraction of sp³-hybridized carbons (Fsp3) is 0.353. The van der Waals surface area contributed by atoms with E-state index in [4.69, 9.17) is 5.14 Å². The van der Waals surface area contributed by atoms with Crippen LogP contribution in [0, 0.1) is 0 Å². The molecule has 1 aliphatic heterocycles. The molecule has 1 aromatic carbocycles. The second kappa shape index (κ2) is 7.25. The number of amides is 1. The Balaban J connectivity index is 1.87. The van der Waals surface area contributed by atoms with E-state index in [1.54, 1.807) is 10.3 Å². The van der Waals surface area contributed by atoms with Crippen LogP contribution in [0.25, 0.3) is 0 Å². The lowest BCUT2D eigenvalue weighted by Crippen LogP contribution is -2.48. The first kappa shape index (κ1) is 18.1. The third-order valence-electron chi connectivity index (χ3n) is 4.38. The van der Waals surface area contributed by atoms with Crippen LogP contribution in [0.15, 0.2) is 39.9 Å². The fourth-order valence-electron chi connectivity index (χ4n) is 2.96. The number of nitrogens with two attached hydrogens (primary N) is 1. The molecule has 0 saturated carbocycles. The van der Waals surface area contributed by atoms with Gasteiger partial charge in [-0.1, -0.05) is 31.2 Å². The van der Waals surface area contributed by atoms with E-state index >= 15 is 0 Å². The number of nitrogens with zero attached hydrogens (tertiary/aromatic N) is 1. The quantitative estimate of drug-likeness (QED) is 0.846. The summed E-state index contributed by atoms with van der Waals surface area (Å²) < 4.78 is 22.9. The summed E-state index contributed by atoms with van der Waals surface area (Å²) in [4.78, 5) is 14.7. The second-order valence-corrected chi connectivity index (χ2v) is 8.71. The molecule has 25 heavy (non-hydrogen) atoms. The van der Waals surface area contributed by atoms with Gasteiger partial charge in [0, 0.05) is 25.0 Å². The Morgan fingerprint density at radius 3 is 2.68 bits per heavy atom. The third kappa shape index (κ3) is 3.92. The van der Waals surface area contributed by atoms with Crippen molar-refractivity contribution in [1.82, 2.24) is 10.2 Å². The Morgan fingerprint density at radius 2 is 2.08 bits per heavy atom. The van der Waals surface area contributed by atoms with E-state index in [0.717, 1.165) is 23.3 Å². The SMILES string of the molecule is CCc1ccc(C2CNCCN2C(=O)c2csc(S(N)(=O)=O)c2)cc1. The number of sulfonamides is 1. The van der Waals surface area contributed by atoms with E-state index in [2.05, 4.69) is 36.5 Å². The number of nitrogens with one attached hydrogen (secondary N) is 1. The monoisotopic (exact) mass is 379 g/mol. The molecule has 1 aliphatic rings. The lowest BCUT2D eigenvalue weighted by Gasteiger charge is -2.36. The zero-order valence-corrected chi connectivity index (χ0v) is 15.6. The second-order valence-electron chi connectivity index (χ2n) is 6.01. The number of hydrogen-bond donors (Lipinski definition) is 2. The van der Waals surface area contributed by atoms with Gasteiger partial charge in [-0.15, -0.1) is 11.3 Å². The molecule has 1 unspecified atom stereocenters. The van der Waals surface area contributed by atoms with Crippen LogP contribution in [-0.4, -0.2) is 38.9 Å². The van der Waals surface area contributed by atoms with Gasteiger partial charge >= 0.3 is 0 Å². The van der Waals surface area contributed by atoms with E-state index in [1.807, 2.05) is 0 Å². The number of thiophene rings is 1. The summed E-state index contributed by atoms with van der Waals surface area (Å²) >= 11 is 0.975. The maximum absolute atomic E-state index is 12.9. The van der Waals surface area contributed by atoms with Crippen molar-refractivity contribution in [1.29, 1.82) is 0 Å². The maximum atomic E-state index is 12.9. The molecular weight excluding hydrogens is 358 g/mol. The summed E-state index contributed by atoms with van der Waals surface area (Å²) in [7, 11) is -3.78. The molecule has 1 fully saturated rings. The minimum absolute atomic E-state index is 0.00910. The van der Waals surface area contributed by atoms with Gasteiger partial charge in [0.05, 0.1) is 11.6 Å². The number of benzene rings is 1. The Labute approximate surface area is 151 Å². The molecule has 1 aromatic heterocycles. The van der Waals surface area contributed by atoms with E-state index in [1.165, 1.54) is 11.6 Å². The zero-order chi connectivity index (χ0) is 18.0. The molecule has 3 rings (SSSR count). The molecule has 1 amide bonds. The first-order valence-electron chi connectivity index (χ1n) is 8.12. The van der Waals surface area contributed by atoms with Crippen LogP contribution < -0.4 is 10.5 Å². The minimum atomic E-state index is -3.78. The minimum Gasteiger partial charge on any atom is -0.329 e. The van der Waals surface area contributed by atoms with Crippen molar-refractivity contribution in [3.05, 3.63) is 52.4 Å². The van der Waals surface area contributed by atoms with Crippen molar-refractivity contribution < 1.29 is 13.2 Å². The van der Waals surface area contributed by atoms with Gasteiger partial charge in [-0.3, -0.25) is 4.79 Å². The lowest BCUT2D eigenvalue weighted by molar-refractivity contribution is 0.0635. The normalized spacial score (nSPS) is 18.3. The summed E-state index contributed by atoms with van der Waals surface area (Å²) in [6.07, 6.45) is 0.969. The predicted molar refractivity (Wildman–Crippen MR) is 98.2 cm³/mol. The molecule has 1 atom stereocenters. The molecule has 0 radical (unpaired) electrons. The topological polar surface area (TPSA) is 92.5 Å². The fourth-order valence-corrected chi connectivity index (χ4v) is 4.54. The van der Waals surface area contributed by atoms with Gasteiger partial charge in [0.2, 0.25) is 10.0 Å². The average molecular weight is 380 g/mol. The van der Waals surface area contributed by atoms with E-state index in [0.29, 0.717) is 25.2 Å². The third-order valence-corrected chi connectivity index (χ3v) is 6.77. The number of piperazine rings is 1. The highest BCUT2D eigenvalue weighted by atomic mass is 32.2. The van der Waals surface area contributed by atoms with E-state index < -0.39 is 10.0 Å². The standard InChI is InChI=1S/C17H21N3O3S2/c1-2-12-3-5-13(6-4-12)15-10-19-7-8-20(15)17(21)14-9-16(24-11-14)25(18,22)23/h3-6,9,11,15,19H,2,7-8,10H2,1H3,(H2,18,22,23). The Kier molecular flexibility index (Phi) is 5.24. The largest absolute Gasteiger partial charge is 0.329 e. The Bertz CT molecular complexity index is 860. The average Bonchev–Trinajstić information content (AvgIpc) is 3.12. The molecule has 134 valence electrons. The Morgan fingerprint density at radius 1 is 1.36 bits per heavy atom. The molecule has 2 heterocycles.